The van der Waals surface area contributed by atoms with E-state index in [4.69, 9.17) is 9.47 Å². The summed E-state index contributed by atoms with van der Waals surface area (Å²) in [7, 11) is 1.50. The topological polar surface area (TPSA) is 85.7 Å². The van der Waals surface area contributed by atoms with Crippen molar-refractivity contribution in [1.82, 2.24) is 9.80 Å². The van der Waals surface area contributed by atoms with E-state index in [-0.39, 0.29) is 25.7 Å². The highest BCUT2D eigenvalue weighted by Crippen LogP contribution is 2.29. The zero-order chi connectivity index (χ0) is 27.3. The van der Waals surface area contributed by atoms with E-state index in [1.165, 1.54) is 23.9 Å². The lowest BCUT2D eigenvalue weighted by Gasteiger charge is -2.42. The number of hydrogen-bond acceptors (Lipinski definition) is 7. The van der Waals surface area contributed by atoms with Crippen LogP contribution in [0.2, 0.25) is 0 Å². The number of carbonyl (C=O) groups is 1. The highest BCUT2D eigenvalue weighted by Gasteiger charge is 2.41. The van der Waals surface area contributed by atoms with Crippen LogP contribution in [0.25, 0.3) is 0 Å². The van der Waals surface area contributed by atoms with Gasteiger partial charge in [0, 0.05) is 52.1 Å². The fourth-order valence-corrected chi connectivity index (χ4v) is 5.50. The molecule has 208 valence electrons. The average molecular weight is 526 g/mol. The maximum atomic E-state index is 12.7. The zero-order valence-electron chi connectivity index (χ0n) is 23.3. The third-order valence-electron chi connectivity index (χ3n) is 7.87. The molecule has 0 aromatic heterocycles. The number of hydrogen-bond donors (Lipinski definition) is 2. The number of methoxy groups -OCH3 is 1. The van der Waals surface area contributed by atoms with Gasteiger partial charge in [0.1, 0.15) is 24.6 Å². The molecular weight excluding hydrogens is 482 g/mol. The third-order valence-corrected chi connectivity index (χ3v) is 7.87. The summed E-state index contributed by atoms with van der Waals surface area (Å²) in [6.07, 6.45) is 1.28. The molecule has 1 amide bonds. The van der Waals surface area contributed by atoms with E-state index in [9.17, 15) is 15.0 Å². The normalized spacial score (nSPS) is 22.3. The lowest BCUT2D eigenvalue weighted by molar-refractivity contribution is -0.138. The minimum Gasteiger partial charge on any atom is -0.490 e. The van der Waals surface area contributed by atoms with Crippen molar-refractivity contribution >= 4 is 11.6 Å². The molecule has 0 aliphatic carbocycles. The van der Waals surface area contributed by atoms with Gasteiger partial charge in [-0.3, -0.25) is 9.69 Å². The summed E-state index contributed by atoms with van der Waals surface area (Å²) in [4.78, 5) is 18.8. The van der Waals surface area contributed by atoms with Gasteiger partial charge in [-0.25, -0.2) is 0 Å². The number of carbonyl (C=O) groups excluding carboxylic acids is 1. The quantitative estimate of drug-likeness (QED) is 0.548. The van der Waals surface area contributed by atoms with E-state index in [0.717, 1.165) is 18.7 Å². The lowest BCUT2D eigenvalue weighted by Crippen LogP contribution is -2.56. The Bertz CT molecular complexity index is 1100. The Morgan fingerprint density at radius 2 is 1.68 bits per heavy atom. The SMILES string of the molecule is COCC(=O)N1CCN(CC2(O)CCN(c3cccc(C)c3)CC2)C[C@@](O)(COc2ccc(C)c(C)c2)C1. The second kappa shape index (κ2) is 12.0. The first-order valence-corrected chi connectivity index (χ1v) is 13.5. The average Bonchev–Trinajstić information content (AvgIpc) is 3.04. The number of benzene rings is 2. The van der Waals surface area contributed by atoms with Crippen LogP contribution in [0.5, 0.6) is 5.75 Å². The summed E-state index contributed by atoms with van der Waals surface area (Å²) in [5.41, 5.74) is 2.55. The first-order valence-electron chi connectivity index (χ1n) is 13.5. The molecule has 2 aromatic rings. The Kier molecular flexibility index (Phi) is 8.98. The van der Waals surface area contributed by atoms with Gasteiger partial charge in [-0.05, 0) is 74.6 Å². The second-order valence-electron chi connectivity index (χ2n) is 11.3. The largest absolute Gasteiger partial charge is 0.490 e. The third kappa shape index (κ3) is 7.26. The maximum Gasteiger partial charge on any atom is 0.248 e. The van der Waals surface area contributed by atoms with E-state index < -0.39 is 11.2 Å². The fraction of sp³-hybridized carbons (Fsp3) is 0.567. The Labute approximate surface area is 226 Å². The number of aryl methyl sites for hydroxylation is 3. The van der Waals surface area contributed by atoms with Crippen molar-refractivity contribution in [2.75, 3.05) is 71.0 Å². The van der Waals surface area contributed by atoms with Gasteiger partial charge in [-0.15, -0.1) is 0 Å². The fourth-order valence-electron chi connectivity index (χ4n) is 5.50. The van der Waals surface area contributed by atoms with Gasteiger partial charge in [0.05, 0.1) is 12.1 Å². The second-order valence-corrected chi connectivity index (χ2v) is 11.3. The summed E-state index contributed by atoms with van der Waals surface area (Å²) in [6, 6.07) is 14.3. The van der Waals surface area contributed by atoms with Crippen LogP contribution >= 0.6 is 0 Å². The number of β-amino-alcohol motifs (C(OH)–C–C–N with tert-alkyl or cyclic N) is 2. The van der Waals surface area contributed by atoms with Crippen molar-refractivity contribution < 1.29 is 24.5 Å². The molecule has 8 heteroatoms. The Morgan fingerprint density at radius 3 is 2.37 bits per heavy atom. The number of anilines is 1. The van der Waals surface area contributed by atoms with Gasteiger partial charge in [-0.2, -0.15) is 0 Å². The van der Waals surface area contributed by atoms with Crippen LogP contribution in [0.15, 0.2) is 42.5 Å². The van der Waals surface area contributed by atoms with Gasteiger partial charge >= 0.3 is 0 Å². The minimum atomic E-state index is -1.29. The predicted octanol–water partition coefficient (Wildman–Crippen LogP) is 2.54. The first kappa shape index (κ1) is 28.4. The summed E-state index contributed by atoms with van der Waals surface area (Å²) < 4.78 is 11.1. The van der Waals surface area contributed by atoms with E-state index in [1.54, 1.807) is 4.90 Å². The van der Waals surface area contributed by atoms with Gasteiger partial charge < -0.3 is 29.5 Å². The molecule has 2 N–H and O–H groups in total. The molecule has 2 aliphatic rings. The Morgan fingerprint density at radius 1 is 0.921 bits per heavy atom. The van der Waals surface area contributed by atoms with Crippen LogP contribution in [0.4, 0.5) is 5.69 Å². The van der Waals surface area contributed by atoms with E-state index in [2.05, 4.69) is 41.0 Å². The van der Waals surface area contributed by atoms with Crippen molar-refractivity contribution in [3.05, 3.63) is 59.2 Å². The summed E-state index contributed by atoms with van der Waals surface area (Å²) in [5.74, 6) is 0.526. The first-order chi connectivity index (χ1) is 18.1. The molecule has 0 spiro atoms. The molecular formula is C30H43N3O5. The molecule has 0 saturated carbocycles. The molecule has 2 aromatic carbocycles. The monoisotopic (exact) mass is 525 g/mol. The van der Waals surface area contributed by atoms with Crippen molar-refractivity contribution in [2.24, 2.45) is 0 Å². The van der Waals surface area contributed by atoms with Crippen molar-refractivity contribution in [3.8, 4) is 5.75 Å². The minimum absolute atomic E-state index is 0.0349. The van der Waals surface area contributed by atoms with E-state index in [0.29, 0.717) is 44.8 Å². The summed E-state index contributed by atoms with van der Waals surface area (Å²) >= 11 is 0. The van der Waals surface area contributed by atoms with Crippen LogP contribution in [0, 0.1) is 20.8 Å². The smallest absolute Gasteiger partial charge is 0.248 e. The van der Waals surface area contributed by atoms with Gasteiger partial charge in [0.15, 0.2) is 0 Å². The molecule has 0 bridgehead atoms. The molecule has 0 unspecified atom stereocenters. The molecule has 8 nitrogen and oxygen atoms in total. The van der Waals surface area contributed by atoms with Crippen molar-refractivity contribution in [1.29, 1.82) is 0 Å². The van der Waals surface area contributed by atoms with Crippen LogP contribution in [-0.2, 0) is 9.53 Å². The molecule has 2 aliphatic heterocycles. The molecule has 1 atom stereocenters. The lowest BCUT2D eigenvalue weighted by atomic mass is 9.90. The van der Waals surface area contributed by atoms with E-state index in [1.807, 2.05) is 32.0 Å². The zero-order valence-corrected chi connectivity index (χ0v) is 23.3. The highest BCUT2D eigenvalue weighted by molar-refractivity contribution is 5.77. The van der Waals surface area contributed by atoms with Crippen LogP contribution in [0.3, 0.4) is 0 Å². The molecule has 4 rings (SSSR count). The number of amides is 1. The Hall–Kier alpha value is -2.65. The van der Waals surface area contributed by atoms with Crippen LogP contribution < -0.4 is 9.64 Å². The molecule has 2 saturated heterocycles. The number of rotatable bonds is 8. The molecule has 2 heterocycles. The molecule has 0 radical (unpaired) electrons. The summed E-state index contributed by atoms with van der Waals surface area (Å²) in [5, 5.41) is 23.3. The maximum absolute atomic E-state index is 12.7. The van der Waals surface area contributed by atoms with Gasteiger partial charge in [0.25, 0.3) is 0 Å². The number of ether oxygens (including phenoxy) is 2. The highest BCUT2D eigenvalue weighted by atomic mass is 16.5. The van der Waals surface area contributed by atoms with Gasteiger partial charge in [0.2, 0.25) is 5.91 Å². The van der Waals surface area contributed by atoms with E-state index >= 15 is 0 Å². The molecule has 2 fully saturated rings. The number of piperidine rings is 1. The molecule has 38 heavy (non-hydrogen) atoms. The van der Waals surface area contributed by atoms with Crippen molar-refractivity contribution in [2.45, 2.75) is 44.8 Å². The van der Waals surface area contributed by atoms with Crippen LogP contribution in [0.1, 0.15) is 29.5 Å². The van der Waals surface area contributed by atoms with Gasteiger partial charge in [-0.1, -0.05) is 18.2 Å². The predicted molar refractivity (Wildman–Crippen MR) is 149 cm³/mol. The Balaban J connectivity index is 1.43. The van der Waals surface area contributed by atoms with Crippen LogP contribution in [-0.4, -0.2) is 103 Å². The van der Waals surface area contributed by atoms with Crippen molar-refractivity contribution in [3.63, 3.8) is 0 Å². The summed E-state index contributed by atoms with van der Waals surface area (Å²) in [6.45, 7) is 9.63. The number of nitrogens with zero attached hydrogens (tertiary/aromatic N) is 3. The number of aliphatic hydroxyl groups is 2. The standard InChI is InChI=1S/C30H43N3O5/c1-23-6-5-7-26(16-23)32-12-10-29(35,11-13-32)19-31-14-15-33(28(34)18-37-4)21-30(36,20-31)22-38-27-9-8-24(2)25(3)17-27/h5-9,16-17,35-36H,10-15,18-22H2,1-4H3/t30-/m0/s1.